The Morgan fingerprint density at radius 1 is 1.05 bits per heavy atom. The highest BCUT2D eigenvalue weighted by molar-refractivity contribution is 7.98. The van der Waals surface area contributed by atoms with Crippen LogP contribution in [0.2, 0.25) is 0 Å². The van der Waals surface area contributed by atoms with Crippen molar-refractivity contribution in [3.05, 3.63) is 47.8 Å². The lowest BCUT2D eigenvalue weighted by atomic mass is 10.2. The van der Waals surface area contributed by atoms with Crippen molar-refractivity contribution in [3.63, 3.8) is 0 Å². The molecular formula is C15H14FNO2S. The molecule has 0 amide bonds. The number of nitrogens with two attached hydrogens (primary N) is 1. The van der Waals surface area contributed by atoms with Crippen LogP contribution in [-0.2, 0) is 5.75 Å². The van der Waals surface area contributed by atoms with Crippen LogP contribution in [0.25, 0.3) is 0 Å². The lowest BCUT2D eigenvalue weighted by molar-refractivity contribution is 0.171. The number of thioether (sulfide) groups is 1. The molecule has 20 heavy (non-hydrogen) atoms. The van der Waals surface area contributed by atoms with Gasteiger partial charge in [0.1, 0.15) is 19.0 Å². The summed E-state index contributed by atoms with van der Waals surface area (Å²) < 4.78 is 24.0. The zero-order valence-electron chi connectivity index (χ0n) is 10.8. The van der Waals surface area contributed by atoms with E-state index in [0.717, 1.165) is 22.0 Å². The maximum absolute atomic E-state index is 13.0. The molecule has 2 aromatic carbocycles. The fourth-order valence-corrected chi connectivity index (χ4v) is 2.91. The van der Waals surface area contributed by atoms with Crippen LogP contribution in [-0.4, -0.2) is 13.2 Å². The molecule has 0 fully saturated rings. The third-order valence-electron chi connectivity index (χ3n) is 3.02. The first kappa shape index (κ1) is 13.1. The molecule has 0 saturated carbocycles. The largest absolute Gasteiger partial charge is 0.486 e. The summed E-state index contributed by atoms with van der Waals surface area (Å²) >= 11 is 1.63. The maximum Gasteiger partial charge on any atom is 0.162 e. The molecule has 0 bridgehead atoms. The van der Waals surface area contributed by atoms with Gasteiger partial charge >= 0.3 is 0 Å². The molecule has 0 saturated heterocycles. The van der Waals surface area contributed by atoms with Gasteiger partial charge in [0.05, 0.1) is 0 Å². The molecule has 3 nitrogen and oxygen atoms in total. The number of halogens is 1. The highest BCUT2D eigenvalue weighted by Crippen LogP contribution is 2.35. The Hall–Kier alpha value is -1.88. The van der Waals surface area contributed by atoms with Crippen LogP contribution in [0.1, 0.15) is 5.56 Å². The van der Waals surface area contributed by atoms with E-state index in [0.29, 0.717) is 24.7 Å². The molecule has 1 aliphatic heterocycles. The van der Waals surface area contributed by atoms with Crippen molar-refractivity contribution in [2.45, 2.75) is 10.6 Å². The van der Waals surface area contributed by atoms with E-state index in [9.17, 15) is 4.39 Å². The smallest absolute Gasteiger partial charge is 0.162 e. The Bertz CT molecular complexity index is 633. The minimum absolute atomic E-state index is 0.310. The third-order valence-corrected chi connectivity index (χ3v) is 4.06. The molecule has 5 heteroatoms. The van der Waals surface area contributed by atoms with Gasteiger partial charge < -0.3 is 15.2 Å². The quantitative estimate of drug-likeness (QED) is 0.694. The number of hydrogen-bond acceptors (Lipinski definition) is 4. The topological polar surface area (TPSA) is 44.5 Å². The monoisotopic (exact) mass is 291 g/mol. The van der Waals surface area contributed by atoms with Gasteiger partial charge in [-0.2, -0.15) is 0 Å². The number of hydrogen-bond donors (Lipinski definition) is 1. The van der Waals surface area contributed by atoms with Crippen LogP contribution in [0.4, 0.5) is 10.1 Å². The van der Waals surface area contributed by atoms with Crippen molar-refractivity contribution in [3.8, 4) is 11.5 Å². The van der Waals surface area contributed by atoms with E-state index < -0.39 is 0 Å². The van der Waals surface area contributed by atoms with Gasteiger partial charge in [0, 0.05) is 16.3 Å². The molecule has 1 aliphatic rings. The molecule has 0 aromatic heterocycles. The lowest BCUT2D eigenvalue weighted by Gasteiger charge is -2.18. The zero-order chi connectivity index (χ0) is 13.9. The summed E-state index contributed by atoms with van der Waals surface area (Å²) in [5, 5.41) is 0. The molecule has 2 aromatic rings. The molecule has 0 spiro atoms. The minimum atomic E-state index is -0.310. The van der Waals surface area contributed by atoms with E-state index in [1.54, 1.807) is 17.8 Å². The fraction of sp³-hybridized carbons (Fsp3) is 0.200. The van der Waals surface area contributed by atoms with Crippen molar-refractivity contribution in [2.75, 3.05) is 18.9 Å². The van der Waals surface area contributed by atoms with E-state index in [1.807, 2.05) is 18.2 Å². The van der Waals surface area contributed by atoms with Gasteiger partial charge in [-0.25, -0.2) is 4.39 Å². The molecule has 2 N–H and O–H groups in total. The van der Waals surface area contributed by atoms with Crippen LogP contribution in [0.5, 0.6) is 11.5 Å². The van der Waals surface area contributed by atoms with Crippen LogP contribution in [0.3, 0.4) is 0 Å². The van der Waals surface area contributed by atoms with Crippen molar-refractivity contribution in [1.82, 2.24) is 0 Å². The van der Waals surface area contributed by atoms with Crippen LogP contribution in [0, 0.1) is 5.82 Å². The molecule has 0 unspecified atom stereocenters. The summed E-state index contributed by atoms with van der Waals surface area (Å²) in [5.41, 5.74) is 7.20. The van der Waals surface area contributed by atoms with Crippen molar-refractivity contribution in [1.29, 1.82) is 0 Å². The Morgan fingerprint density at radius 2 is 1.85 bits per heavy atom. The molecular weight excluding hydrogens is 277 g/mol. The summed E-state index contributed by atoms with van der Waals surface area (Å²) in [4.78, 5) is 1.07. The van der Waals surface area contributed by atoms with Crippen molar-refractivity contribution >= 4 is 17.4 Å². The summed E-state index contributed by atoms with van der Waals surface area (Å²) in [6.07, 6.45) is 0. The van der Waals surface area contributed by atoms with Crippen LogP contribution < -0.4 is 15.2 Å². The lowest BCUT2D eigenvalue weighted by Crippen LogP contribution is -2.15. The van der Waals surface area contributed by atoms with E-state index in [-0.39, 0.29) is 5.82 Å². The highest BCUT2D eigenvalue weighted by Gasteiger charge is 2.12. The Labute approximate surface area is 120 Å². The summed E-state index contributed by atoms with van der Waals surface area (Å²) in [6, 6.07) is 10.3. The Kier molecular flexibility index (Phi) is 3.69. The molecule has 0 radical (unpaired) electrons. The number of benzene rings is 2. The molecule has 1 heterocycles. The number of fused-ring (bicyclic) bond motifs is 1. The first-order chi connectivity index (χ1) is 9.72. The van der Waals surface area contributed by atoms with Crippen LogP contribution in [0.15, 0.2) is 41.3 Å². The van der Waals surface area contributed by atoms with E-state index in [4.69, 9.17) is 15.2 Å². The summed E-state index contributed by atoms with van der Waals surface area (Å²) in [5.74, 6) is 1.93. The minimum Gasteiger partial charge on any atom is -0.486 e. The van der Waals surface area contributed by atoms with Gasteiger partial charge in [-0.1, -0.05) is 6.07 Å². The maximum atomic E-state index is 13.0. The van der Waals surface area contributed by atoms with Gasteiger partial charge in [-0.3, -0.25) is 0 Å². The van der Waals surface area contributed by atoms with Gasteiger partial charge in [-0.15, -0.1) is 11.8 Å². The number of nitrogen functional groups attached to an aromatic ring is 1. The molecule has 0 atom stereocenters. The van der Waals surface area contributed by atoms with Crippen molar-refractivity contribution in [2.24, 2.45) is 0 Å². The first-order valence-electron chi connectivity index (χ1n) is 6.29. The predicted octanol–water partition coefficient (Wildman–Crippen LogP) is 3.47. The summed E-state index contributed by atoms with van der Waals surface area (Å²) in [6.45, 7) is 1.16. The molecule has 3 rings (SSSR count). The van der Waals surface area contributed by atoms with E-state index in [2.05, 4.69) is 0 Å². The van der Waals surface area contributed by atoms with E-state index in [1.165, 1.54) is 12.1 Å². The highest BCUT2D eigenvalue weighted by atomic mass is 32.2. The van der Waals surface area contributed by atoms with Gasteiger partial charge in [0.25, 0.3) is 0 Å². The zero-order valence-corrected chi connectivity index (χ0v) is 11.6. The Morgan fingerprint density at radius 3 is 2.65 bits per heavy atom. The number of ether oxygens (including phenoxy) is 2. The van der Waals surface area contributed by atoms with E-state index >= 15 is 0 Å². The molecule has 104 valence electrons. The van der Waals surface area contributed by atoms with Gasteiger partial charge in [-0.05, 0) is 35.9 Å². The summed E-state index contributed by atoms with van der Waals surface area (Å²) in [7, 11) is 0. The van der Waals surface area contributed by atoms with Gasteiger partial charge in [0.2, 0.25) is 0 Å². The average molecular weight is 291 g/mol. The third kappa shape index (κ3) is 2.82. The standard InChI is InChI=1S/C15H14FNO2S/c16-11-2-1-10(13(17)7-11)9-20-12-3-4-14-15(8-12)19-6-5-18-14/h1-4,7-8H,5-6,9,17H2. The van der Waals surface area contributed by atoms with Crippen molar-refractivity contribution < 1.29 is 13.9 Å². The van der Waals surface area contributed by atoms with Gasteiger partial charge in [0.15, 0.2) is 11.5 Å². The molecule has 0 aliphatic carbocycles. The SMILES string of the molecule is Nc1cc(F)ccc1CSc1ccc2c(c1)OCCO2. The number of rotatable bonds is 3. The second-order valence-corrected chi connectivity index (χ2v) is 5.49. The van der Waals surface area contributed by atoms with Crippen LogP contribution >= 0.6 is 11.8 Å². The second-order valence-electron chi connectivity index (χ2n) is 4.44. The predicted molar refractivity (Wildman–Crippen MR) is 77.8 cm³/mol. The second kappa shape index (κ2) is 5.63. The average Bonchev–Trinajstić information content (AvgIpc) is 2.46. The Balaban J connectivity index is 1.72. The first-order valence-corrected chi connectivity index (χ1v) is 7.27. The number of anilines is 1. The fourth-order valence-electron chi connectivity index (χ4n) is 1.97. The normalized spacial score (nSPS) is 13.2.